The molecule has 5 rings (SSSR count). The molecule has 5 fully saturated rings. The van der Waals surface area contributed by atoms with Crippen LogP contribution in [0.4, 0.5) is 0 Å². The van der Waals surface area contributed by atoms with Crippen molar-refractivity contribution < 1.29 is 22.7 Å². The van der Waals surface area contributed by atoms with Crippen molar-refractivity contribution in [1.82, 2.24) is 5.32 Å². The van der Waals surface area contributed by atoms with E-state index in [9.17, 15) is 18.0 Å². The molecule has 0 radical (unpaired) electrons. The fraction of sp³-hybridized carbons (Fsp3) is 0.895. The van der Waals surface area contributed by atoms with Gasteiger partial charge in [0.2, 0.25) is 0 Å². The number of esters is 1. The van der Waals surface area contributed by atoms with Crippen LogP contribution in [0.25, 0.3) is 0 Å². The van der Waals surface area contributed by atoms with E-state index in [0.717, 1.165) is 17.8 Å². The maximum Gasteiger partial charge on any atom is 0.306 e. The summed E-state index contributed by atoms with van der Waals surface area (Å²) in [4.78, 5) is 23.9. The molecular weight excluding hydrogens is 354 g/mol. The lowest BCUT2D eigenvalue weighted by Crippen LogP contribution is -2.51. The maximum atomic E-state index is 12.1. The van der Waals surface area contributed by atoms with Crippen molar-refractivity contribution in [3.8, 4) is 0 Å². The SMILES string of the molecule is O=C(COC(=O)C[C@H]1CCS(=O)(=O)C1)NCC12CC3CC(CC(C3)C1)C2. The molecule has 146 valence electrons. The van der Waals surface area contributed by atoms with Crippen LogP contribution >= 0.6 is 0 Å². The average Bonchev–Trinajstić information content (AvgIpc) is 2.88. The summed E-state index contributed by atoms with van der Waals surface area (Å²) < 4.78 is 27.9. The summed E-state index contributed by atoms with van der Waals surface area (Å²) in [6.45, 7) is 0.443. The van der Waals surface area contributed by atoms with Crippen LogP contribution in [0.2, 0.25) is 0 Å². The number of rotatable bonds is 6. The summed E-state index contributed by atoms with van der Waals surface area (Å²) in [5.74, 6) is 1.86. The molecule has 1 atom stereocenters. The summed E-state index contributed by atoms with van der Waals surface area (Å²) in [7, 11) is -2.99. The Bertz CT molecular complexity index is 651. The van der Waals surface area contributed by atoms with Crippen LogP contribution in [0, 0.1) is 29.1 Å². The van der Waals surface area contributed by atoms with Crippen LogP contribution in [0.5, 0.6) is 0 Å². The zero-order valence-corrected chi connectivity index (χ0v) is 16.1. The zero-order valence-electron chi connectivity index (χ0n) is 15.2. The molecule has 1 saturated heterocycles. The van der Waals surface area contributed by atoms with Crippen molar-refractivity contribution in [3.05, 3.63) is 0 Å². The fourth-order valence-electron chi connectivity index (χ4n) is 6.32. The van der Waals surface area contributed by atoms with Gasteiger partial charge in [0.15, 0.2) is 16.4 Å². The first kappa shape index (κ1) is 18.3. The molecule has 4 aliphatic carbocycles. The predicted octanol–water partition coefficient (Wildman–Crippen LogP) is 1.69. The van der Waals surface area contributed by atoms with E-state index >= 15 is 0 Å². The van der Waals surface area contributed by atoms with Gasteiger partial charge in [0, 0.05) is 13.0 Å². The summed E-state index contributed by atoms with van der Waals surface area (Å²) in [5.41, 5.74) is 0.270. The van der Waals surface area contributed by atoms with E-state index in [2.05, 4.69) is 5.32 Å². The monoisotopic (exact) mass is 383 g/mol. The van der Waals surface area contributed by atoms with Crippen LogP contribution in [0.15, 0.2) is 0 Å². The van der Waals surface area contributed by atoms with Gasteiger partial charge < -0.3 is 10.1 Å². The smallest absolute Gasteiger partial charge is 0.306 e. The molecule has 0 spiro atoms. The second kappa shape index (κ2) is 6.80. The molecule has 1 aliphatic heterocycles. The van der Waals surface area contributed by atoms with E-state index in [1.54, 1.807) is 0 Å². The van der Waals surface area contributed by atoms with Crippen molar-refractivity contribution in [2.75, 3.05) is 24.7 Å². The van der Waals surface area contributed by atoms with Crippen molar-refractivity contribution in [2.24, 2.45) is 29.1 Å². The quantitative estimate of drug-likeness (QED) is 0.705. The van der Waals surface area contributed by atoms with Gasteiger partial charge in [-0.1, -0.05) is 0 Å². The number of amides is 1. The van der Waals surface area contributed by atoms with E-state index in [1.807, 2.05) is 0 Å². The predicted molar refractivity (Wildman–Crippen MR) is 96.0 cm³/mol. The molecule has 1 N–H and O–H groups in total. The lowest BCUT2D eigenvalue weighted by molar-refractivity contribution is -0.149. The van der Waals surface area contributed by atoms with Crippen LogP contribution in [-0.4, -0.2) is 45.0 Å². The van der Waals surface area contributed by atoms with E-state index in [-0.39, 0.29) is 41.8 Å². The van der Waals surface area contributed by atoms with Gasteiger partial charge in [0.25, 0.3) is 5.91 Å². The van der Waals surface area contributed by atoms with E-state index in [1.165, 1.54) is 38.5 Å². The van der Waals surface area contributed by atoms with Gasteiger partial charge in [0.05, 0.1) is 11.5 Å². The van der Waals surface area contributed by atoms with Crippen molar-refractivity contribution in [3.63, 3.8) is 0 Å². The molecule has 0 unspecified atom stereocenters. The fourth-order valence-corrected chi connectivity index (χ4v) is 8.18. The lowest BCUT2D eigenvalue weighted by atomic mass is 9.49. The van der Waals surface area contributed by atoms with Gasteiger partial charge in [-0.15, -0.1) is 0 Å². The standard InChI is InChI=1S/C19H29NO5S/c21-17(10-25-18(22)6-13-1-2-26(23,24)11-13)20-12-19-7-14-3-15(8-19)5-16(4-14)9-19/h13-16H,1-12H2,(H,20,21)/t13-,14?,15?,16?,19?/m1/s1. The largest absolute Gasteiger partial charge is 0.456 e. The van der Waals surface area contributed by atoms with E-state index < -0.39 is 15.8 Å². The second-order valence-corrected chi connectivity index (χ2v) is 11.6. The third-order valence-corrected chi connectivity index (χ3v) is 8.81. The normalized spacial score (nSPS) is 39.7. The van der Waals surface area contributed by atoms with Gasteiger partial charge in [-0.05, 0) is 74.0 Å². The van der Waals surface area contributed by atoms with E-state index in [4.69, 9.17) is 4.74 Å². The Morgan fingerprint density at radius 3 is 2.19 bits per heavy atom. The Hall–Kier alpha value is -1.11. The number of nitrogens with one attached hydrogen (secondary N) is 1. The summed E-state index contributed by atoms with van der Waals surface area (Å²) in [5, 5.41) is 2.99. The summed E-state index contributed by atoms with van der Waals surface area (Å²) in [6, 6.07) is 0. The molecule has 1 amide bonds. The highest BCUT2D eigenvalue weighted by molar-refractivity contribution is 7.91. The van der Waals surface area contributed by atoms with Gasteiger partial charge >= 0.3 is 5.97 Å². The van der Waals surface area contributed by atoms with Gasteiger partial charge in [0.1, 0.15) is 0 Å². The molecule has 0 aromatic rings. The number of carbonyl (C=O) groups is 2. The molecule has 7 heteroatoms. The third kappa shape index (κ3) is 4.07. The van der Waals surface area contributed by atoms with Gasteiger partial charge in [-0.3, -0.25) is 9.59 Å². The third-order valence-electron chi connectivity index (χ3n) is 6.97. The minimum absolute atomic E-state index is 0.0559. The highest BCUT2D eigenvalue weighted by Gasteiger charge is 2.50. The Morgan fingerprint density at radius 1 is 1.04 bits per heavy atom. The van der Waals surface area contributed by atoms with Crippen molar-refractivity contribution >= 4 is 21.7 Å². The highest BCUT2D eigenvalue weighted by Crippen LogP contribution is 2.59. The number of sulfone groups is 1. The summed E-state index contributed by atoms with van der Waals surface area (Å²) in [6.07, 6.45) is 8.42. The Morgan fingerprint density at radius 2 is 1.65 bits per heavy atom. The molecule has 0 aromatic heterocycles. The number of hydrogen-bond acceptors (Lipinski definition) is 5. The molecule has 1 heterocycles. The molecule has 6 nitrogen and oxygen atoms in total. The van der Waals surface area contributed by atoms with Gasteiger partial charge in [-0.25, -0.2) is 8.42 Å². The number of hydrogen-bond donors (Lipinski definition) is 1. The molecule has 4 bridgehead atoms. The Balaban J connectivity index is 1.18. The lowest BCUT2D eigenvalue weighted by Gasteiger charge is -2.56. The number of carbonyl (C=O) groups excluding carboxylic acids is 2. The topological polar surface area (TPSA) is 89.5 Å². The number of ether oxygens (including phenoxy) is 1. The Kier molecular flexibility index (Phi) is 4.78. The van der Waals surface area contributed by atoms with Crippen LogP contribution in [0.1, 0.15) is 51.4 Å². The van der Waals surface area contributed by atoms with Crippen LogP contribution in [0.3, 0.4) is 0 Å². The van der Waals surface area contributed by atoms with E-state index in [0.29, 0.717) is 13.0 Å². The van der Waals surface area contributed by atoms with Crippen molar-refractivity contribution in [1.29, 1.82) is 0 Å². The van der Waals surface area contributed by atoms with Crippen molar-refractivity contribution in [2.45, 2.75) is 51.4 Å². The zero-order chi connectivity index (χ0) is 18.4. The minimum Gasteiger partial charge on any atom is -0.456 e. The molecular formula is C19H29NO5S. The maximum absolute atomic E-state index is 12.1. The molecule has 5 aliphatic rings. The Labute approximate surface area is 155 Å². The minimum atomic E-state index is -2.99. The first-order chi connectivity index (χ1) is 12.3. The first-order valence-corrected chi connectivity index (χ1v) is 11.8. The highest BCUT2D eigenvalue weighted by atomic mass is 32.2. The summed E-state index contributed by atoms with van der Waals surface area (Å²) >= 11 is 0. The molecule has 26 heavy (non-hydrogen) atoms. The molecule has 0 aromatic carbocycles. The molecule has 4 saturated carbocycles. The average molecular weight is 384 g/mol. The second-order valence-electron chi connectivity index (χ2n) is 9.33. The van der Waals surface area contributed by atoms with Crippen LogP contribution in [-0.2, 0) is 24.2 Å². The van der Waals surface area contributed by atoms with Crippen LogP contribution < -0.4 is 5.32 Å². The van der Waals surface area contributed by atoms with Gasteiger partial charge in [-0.2, -0.15) is 0 Å². The first-order valence-electron chi connectivity index (χ1n) is 9.94.